The Morgan fingerprint density at radius 1 is 1.09 bits per heavy atom. The third kappa shape index (κ3) is 4.69. The van der Waals surface area contributed by atoms with Gasteiger partial charge in [0, 0.05) is 10.6 Å². The number of epoxide rings is 1. The quantitative estimate of drug-likeness (QED) is 0.264. The summed E-state index contributed by atoms with van der Waals surface area (Å²) in [5.41, 5.74) is 0.953. The van der Waals surface area contributed by atoms with Crippen LogP contribution in [0.1, 0.15) is 17.2 Å². The lowest BCUT2D eigenvalue weighted by molar-refractivity contribution is 0.0540. The molecular formula is C25H21ClFN3O4. The zero-order valence-electron chi connectivity index (χ0n) is 18.0. The highest BCUT2D eigenvalue weighted by atomic mass is 35.5. The number of ether oxygens (including phenoxy) is 3. The highest BCUT2D eigenvalue weighted by molar-refractivity contribution is 6.31. The number of carbonyl (C=O) groups is 1. The molecule has 34 heavy (non-hydrogen) atoms. The number of benzene rings is 3. The molecule has 2 heterocycles. The van der Waals surface area contributed by atoms with Gasteiger partial charge in [-0.3, -0.25) is 5.01 Å². The molecule has 0 amide bonds. The summed E-state index contributed by atoms with van der Waals surface area (Å²) in [7, 11) is 0. The first kappa shape index (κ1) is 22.2. The SMILES string of the molecule is O=C(OCN1C=NN(CC2(c3ccc(F)cc3)OC2c2ccccc2Cl)C1)Oc1ccccc1. The molecule has 0 aromatic heterocycles. The van der Waals surface area contributed by atoms with Crippen molar-refractivity contribution in [2.24, 2.45) is 5.10 Å². The fourth-order valence-electron chi connectivity index (χ4n) is 3.96. The first-order valence-electron chi connectivity index (χ1n) is 10.6. The van der Waals surface area contributed by atoms with Crippen molar-refractivity contribution >= 4 is 24.1 Å². The molecule has 0 saturated carbocycles. The van der Waals surface area contributed by atoms with Gasteiger partial charge in [-0.2, -0.15) is 5.10 Å². The van der Waals surface area contributed by atoms with E-state index in [-0.39, 0.29) is 18.7 Å². The highest BCUT2D eigenvalue weighted by Gasteiger charge is 2.60. The average Bonchev–Trinajstić information content (AvgIpc) is 3.38. The molecular weight excluding hydrogens is 461 g/mol. The Hall–Kier alpha value is -3.62. The number of rotatable bonds is 7. The maximum atomic E-state index is 13.6. The molecule has 3 aromatic rings. The van der Waals surface area contributed by atoms with Crippen molar-refractivity contribution in [1.82, 2.24) is 9.91 Å². The molecule has 3 aromatic carbocycles. The molecule has 2 aliphatic rings. The normalized spacial score (nSPS) is 20.9. The molecule has 0 N–H and O–H groups in total. The van der Waals surface area contributed by atoms with Gasteiger partial charge in [0.1, 0.15) is 36.3 Å². The predicted molar refractivity (Wildman–Crippen MR) is 124 cm³/mol. The molecule has 1 saturated heterocycles. The molecule has 9 heteroatoms. The van der Waals surface area contributed by atoms with E-state index >= 15 is 0 Å². The Balaban J connectivity index is 1.23. The molecule has 7 nitrogen and oxygen atoms in total. The molecule has 2 unspecified atom stereocenters. The number of hydrazone groups is 1. The van der Waals surface area contributed by atoms with Crippen molar-refractivity contribution in [3.8, 4) is 5.75 Å². The fourth-order valence-corrected chi connectivity index (χ4v) is 4.19. The third-order valence-corrected chi connectivity index (χ3v) is 5.99. The molecule has 2 aliphatic heterocycles. The van der Waals surface area contributed by atoms with E-state index in [2.05, 4.69) is 5.10 Å². The lowest BCUT2D eigenvalue weighted by atomic mass is 9.91. The molecule has 0 aliphatic carbocycles. The molecule has 1 fully saturated rings. The van der Waals surface area contributed by atoms with Crippen LogP contribution in [0.25, 0.3) is 0 Å². The Morgan fingerprint density at radius 3 is 2.59 bits per heavy atom. The van der Waals surface area contributed by atoms with Crippen molar-refractivity contribution in [2.75, 3.05) is 19.9 Å². The van der Waals surface area contributed by atoms with E-state index in [1.165, 1.54) is 12.1 Å². The topological polar surface area (TPSA) is 66.9 Å². The molecule has 5 rings (SSSR count). The minimum Gasteiger partial charge on any atom is -0.412 e. The molecule has 2 atom stereocenters. The Morgan fingerprint density at radius 2 is 1.82 bits per heavy atom. The van der Waals surface area contributed by atoms with E-state index in [1.807, 2.05) is 30.3 Å². The van der Waals surface area contributed by atoms with Crippen LogP contribution < -0.4 is 4.74 Å². The summed E-state index contributed by atoms with van der Waals surface area (Å²) in [6, 6.07) is 22.4. The van der Waals surface area contributed by atoms with Gasteiger partial charge < -0.3 is 19.1 Å². The number of hydrogen-bond donors (Lipinski definition) is 0. The van der Waals surface area contributed by atoms with Crippen molar-refractivity contribution in [3.05, 3.63) is 101 Å². The van der Waals surface area contributed by atoms with Gasteiger partial charge in [-0.15, -0.1) is 0 Å². The predicted octanol–water partition coefficient (Wildman–Crippen LogP) is 5.14. The van der Waals surface area contributed by atoms with E-state index in [0.717, 1.165) is 11.1 Å². The first-order valence-corrected chi connectivity index (χ1v) is 11.0. The van der Waals surface area contributed by atoms with Crippen LogP contribution in [0.2, 0.25) is 5.02 Å². The van der Waals surface area contributed by atoms with Crippen molar-refractivity contribution in [3.63, 3.8) is 0 Å². The highest BCUT2D eigenvalue weighted by Crippen LogP contribution is 2.58. The number of halogens is 2. The van der Waals surface area contributed by atoms with Gasteiger partial charge in [-0.25, -0.2) is 9.18 Å². The average molecular weight is 482 g/mol. The summed E-state index contributed by atoms with van der Waals surface area (Å²) in [4.78, 5) is 13.7. The van der Waals surface area contributed by atoms with E-state index < -0.39 is 11.8 Å². The summed E-state index contributed by atoms with van der Waals surface area (Å²) in [6.07, 6.45) is 0.485. The zero-order chi connectivity index (χ0) is 23.5. The van der Waals surface area contributed by atoms with Gasteiger partial charge in [0.15, 0.2) is 6.73 Å². The van der Waals surface area contributed by atoms with Crippen LogP contribution in [0, 0.1) is 5.82 Å². The number of nitrogens with zero attached hydrogens (tertiary/aromatic N) is 3. The van der Waals surface area contributed by atoms with E-state index in [4.69, 9.17) is 25.8 Å². The number of para-hydroxylation sites is 1. The van der Waals surface area contributed by atoms with E-state index in [9.17, 15) is 9.18 Å². The van der Waals surface area contributed by atoms with E-state index in [0.29, 0.717) is 24.0 Å². The Labute approximate surface area is 200 Å². The first-order chi connectivity index (χ1) is 16.5. The Bertz CT molecular complexity index is 1190. The summed E-state index contributed by atoms with van der Waals surface area (Å²) >= 11 is 6.42. The fraction of sp³-hybridized carbons (Fsp3) is 0.200. The minimum atomic E-state index is -0.801. The van der Waals surface area contributed by atoms with Crippen LogP contribution in [0.3, 0.4) is 0 Å². The maximum absolute atomic E-state index is 13.6. The number of hydrogen-bond acceptors (Lipinski definition) is 7. The molecule has 0 radical (unpaired) electrons. The monoisotopic (exact) mass is 481 g/mol. The van der Waals surface area contributed by atoms with Crippen LogP contribution in [0.15, 0.2) is 84.0 Å². The molecule has 0 bridgehead atoms. The summed E-state index contributed by atoms with van der Waals surface area (Å²) in [5, 5.41) is 6.82. The second-order valence-electron chi connectivity index (χ2n) is 7.98. The van der Waals surface area contributed by atoms with E-state index in [1.54, 1.807) is 52.6 Å². The van der Waals surface area contributed by atoms with Gasteiger partial charge in [-0.05, 0) is 35.9 Å². The standard InChI is InChI=1S/C25H21ClFN3O4/c26-22-9-5-4-8-21(22)23-25(34-23,18-10-12-19(27)13-11-18)14-30-16-29(15-28-30)17-32-24(31)33-20-6-2-1-3-7-20/h1-13,15,23H,14,16-17H2. The lowest BCUT2D eigenvalue weighted by Crippen LogP contribution is -2.35. The summed E-state index contributed by atoms with van der Waals surface area (Å²) < 4.78 is 30.1. The minimum absolute atomic E-state index is 0.0238. The summed E-state index contributed by atoms with van der Waals surface area (Å²) in [5.74, 6) is 0.0840. The summed E-state index contributed by atoms with van der Waals surface area (Å²) in [6.45, 7) is 0.750. The van der Waals surface area contributed by atoms with Gasteiger partial charge >= 0.3 is 6.16 Å². The maximum Gasteiger partial charge on any atom is 0.515 e. The number of carbonyl (C=O) groups excluding carboxylic acids is 1. The Kier molecular flexibility index (Phi) is 6.08. The van der Waals surface area contributed by atoms with Crippen molar-refractivity contribution < 1.29 is 23.4 Å². The van der Waals surface area contributed by atoms with Crippen LogP contribution >= 0.6 is 11.6 Å². The smallest absolute Gasteiger partial charge is 0.412 e. The second-order valence-corrected chi connectivity index (χ2v) is 8.39. The van der Waals surface area contributed by atoms with Gasteiger partial charge in [0.05, 0.1) is 6.54 Å². The van der Waals surface area contributed by atoms with Crippen LogP contribution in [-0.2, 0) is 15.1 Å². The van der Waals surface area contributed by atoms with Crippen LogP contribution in [-0.4, -0.2) is 42.3 Å². The second kappa shape index (κ2) is 9.32. The molecule has 0 spiro atoms. The largest absolute Gasteiger partial charge is 0.515 e. The lowest BCUT2D eigenvalue weighted by Gasteiger charge is -2.23. The zero-order valence-corrected chi connectivity index (χ0v) is 18.8. The van der Waals surface area contributed by atoms with Crippen molar-refractivity contribution in [2.45, 2.75) is 11.7 Å². The van der Waals surface area contributed by atoms with Gasteiger partial charge in [0.2, 0.25) is 0 Å². The van der Waals surface area contributed by atoms with Crippen LogP contribution in [0.5, 0.6) is 5.75 Å². The van der Waals surface area contributed by atoms with Crippen LogP contribution in [0.4, 0.5) is 9.18 Å². The third-order valence-electron chi connectivity index (χ3n) is 5.65. The molecule has 174 valence electrons. The van der Waals surface area contributed by atoms with Crippen molar-refractivity contribution in [1.29, 1.82) is 0 Å². The van der Waals surface area contributed by atoms with Gasteiger partial charge in [0.25, 0.3) is 0 Å². The van der Waals surface area contributed by atoms with Gasteiger partial charge in [-0.1, -0.05) is 60.1 Å².